The number of unbranched alkanes of at least 4 members (excludes halogenated alkanes) is 1. The van der Waals surface area contributed by atoms with E-state index in [-0.39, 0.29) is 11.9 Å². The van der Waals surface area contributed by atoms with Crippen LogP contribution < -0.4 is 0 Å². The molecule has 6 nitrogen and oxygen atoms in total. The van der Waals surface area contributed by atoms with Crippen molar-refractivity contribution in [2.75, 3.05) is 76.5 Å². The van der Waals surface area contributed by atoms with Gasteiger partial charge in [-0.25, -0.2) is 0 Å². The van der Waals surface area contributed by atoms with Crippen LogP contribution in [0.15, 0.2) is 0 Å². The van der Waals surface area contributed by atoms with Crippen LogP contribution in [0.25, 0.3) is 0 Å². The van der Waals surface area contributed by atoms with E-state index >= 15 is 0 Å². The number of esters is 2. The number of hydrogen-bond acceptors (Lipinski definition) is 9. The zero-order valence-corrected chi connectivity index (χ0v) is 22.5. The molecule has 0 aliphatic carbocycles. The molecule has 0 saturated carbocycles. The van der Waals surface area contributed by atoms with Gasteiger partial charge in [-0.3, -0.25) is 9.59 Å². The molecule has 0 spiro atoms. The van der Waals surface area contributed by atoms with Crippen LogP contribution in [-0.2, 0) is 19.1 Å². The monoisotopic (exact) mass is 496 g/mol. The zero-order chi connectivity index (χ0) is 23.2. The lowest BCUT2D eigenvalue weighted by Crippen LogP contribution is -2.29. The van der Waals surface area contributed by atoms with Crippen molar-refractivity contribution in [2.24, 2.45) is 0 Å². The number of thioether (sulfide) groups is 1. The Hall–Kier alpha value is -0.0900. The number of ether oxygens (including phenoxy) is 2. The molecule has 0 unspecified atom stereocenters. The van der Waals surface area contributed by atoms with E-state index in [4.69, 9.17) is 9.47 Å². The molecule has 0 heterocycles. The number of carbonyl (C=O) groups excluding carboxylic acids is 2. The number of carbonyl (C=O) groups is 2. The number of hydrogen-bond donors (Lipinski definition) is 0. The normalized spacial score (nSPS) is 11.3. The SMILES string of the molecule is CCCCSCCOC(=O)CCN(C)CCCN(C)CCC(=O)OCCSSCCC. The van der Waals surface area contributed by atoms with E-state index in [1.807, 2.05) is 36.7 Å². The van der Waals surface area contributed by atoms with Gasteiger partial charge in [-0.1, -0.05) is 41.9 Å². The summed E-state index contributed by atoms with van der Waals surface area (Å²) in [5, 5.41) is 0. The lowest BCUT2D eigenvalue weighted by atomic mass is 10.3. The zero-order valence-electron chi connectivity index (χ0n) is 20.1. The lowest BCUT2D eigenvalue weighted by molar-refractivity contribution is -0.144. The largest absolute Gasteiger partial charge is 0.465 e. The van der Waals surface area contributed by atoms with Crippen LogP contribution >= 0.6 is 33.3 Å². The highest BCUT2D eigenvalue weighted by Crippen LogP contribution is 2.21. The van der Waals surface area contributed by atoms with Crippen LogP contribution in [-0.4, -0.2) is 98.2 Å². The first-order valence-corrected chi connectivity index (χ1v) is 15.1. The van der Waals surface area contributed by atoms with E-state index in [1.165, 1.54) is 19.3 Å². The van der Waals surface area contributed by atoms with E-state index in [9.17, 15) is 9.59 Å². The average Bonchev–Trinajstić information content (AvgIpc) is 2.75. The summed E-state index contributed by atoms with van der Waals surface area (Å²) in [7, 11) is 7.66. The minimum absolute atomic E-state index is 0.110. The molecular formula is C22H44N2O4S3. The van der Waals surface area contributed by atoms with Crippen molar-refractivity contribution in [1.82, 2.24) is 9.80 Å². The van der Waals surface area contributed by atoms with E-state index in [1.54, 1.807) is 10.8 Å². The maximum atomic E-state index is 11.8. The first kappa shape index (κ1) is 30.9. The minimum atomic E-state index is -0.118. The molecule has 31 heavy (non-hydrogen) atoms. The van der Waals surface area contributed by atoms with Crippen LogP contribution in [0, 0.1) is 0 Å². The van der Waals surface area contributed by atoms with Gasteiger partial charge in [0.15, 0.2) is 0 Å². The number of rotatable bonds is 22. The summed E-state index contributed by atoms with van der Waals surface area (Å²) in [6.07, 6.45) is 5.47. The molecule has 184 valence electrons. The van der Waals surface area contributed by atoms with Crippen LogP contribution in [0.5, 0.6) is 0 Å². The number of nitrogens with zero attached hydrogens (tertiary/aromatic N) is 2. The Labute approximate surface area is 202 Å². The molecule has 0 aliphatic heterocycles. The van der Waals surface area contributed by atoms with Gasteiger partial charge in [0.2, 0.25) is 0 Å². The molecule has 0 aromatic carbocycles. The third-order valence-electron chi connectivity index (χ3n) is 4.41. The highest BCUT2D eigenvalue weighted by atomic mass is 33.1. The smallest absolute Gasteiger partial charge is 0.307 e. The molecule has 0 saturated heterocycles. The van der Waals surface area contributed by atoms with Gasteiger partial charge in [-0.15, -0.1) is 0 Å². The maximum Gasteiger partial charge on any atom is 0.307 e. The van der Waals surface area contributed by atoms with Crippen molar-refractivity contribution in [3.05, 3.63) is 0 Å². The summed E-state index contributed by atoms with van der Waals surface area (Å²) in [5.74, 6) is 3.79. The van der Waals surface area contributed by atoms with Crippen molar-refractivity contribution in [3.63, 3.8) is 0 Å². The van der Waals surface area contributed by atoms with Gasteiger partial charge in [0.25, 0.3) is 0 Å². The Bertz CT molecular complexity index is 407. The summed E-state index contributed by atoms with van der Waals surface area (Å²) in [6.45, 7) is 8.62. The summed E-state index contributed by atoms with van der Waals surface area (Å²) in [6, 6.07) is 0. The van der Waals surface area contributed by atoms with Crippen LogP contribution in [0.2, 0.25) is 0 Å². The Morgan fingerprint density at radius 1 is 0.677 bits per heavy atom. The van der Waals surface area contributed by atoms with Gasteiger partial charge >= 0.3 is 11.9 Å². The standard InChI is InChI=1S/C22H44N2O4S3/c1-5-7-18-29-19-15-27-21(25)9-13-23(3)11-8-12-24(4)14-10-22(26)28-16-20-31-30-17-6-2/h5-20H2,1-4H3. The van der Waals surface area contributed by atoms with Crippen LogP contribution in [0.1, 0.15) is 52.4 Å². The molecular weight excluding hydrogens is 452 g/mol. The molecule has 0 aromatic heterocycles. The fourth-order valence-electron chi connectivity index (χ4n) is 2.50. The Morgan fingerprint density at radius 3 is 1.77 bits per heavy atom. The topological polar surface area (TPSA) is 59.1 Å². The van der Waals surface area contributed by atoms with Crippen molar-refractivity contribution >= 4 is 45.3 Å². The van der Waals surface area contributed by atoms with Gasteiger partial charge in [0.1, 0.15) is 13.2 Å². The highest BCUT2D eigenvalue weighted by molar-refractivity contribution is 8.76. The van der Waals surface area contributed by atoms with Gasteiger partial charge in [-0.05, 0) is 52.2 Å². The fourth-order valence-corrected chi connectivity index (χ4v) is 5.36. The van der Waals surface area contributed by atoms with Crippen LogP contribution in [0.3, 0.4) is 0 Å². The molecule has 9 heteroatoms. The third-order valence-corrected chi connectivity index (χ3v) is 8.02. The van der Waals surface area contributed by atoms with E-state index in [0.29, 0.717) is 39.1 Å². The lowest BCUT2D eigenvalue weighted by Gasteiger charge is -2.20. The highest BCUT2D eigenvalue weighted by Gasteiger charge is 2.08. The first-order chi connectivity index (χ1) is 15.0. The Morgan fingerprint density at radius 2 is 1.23 bits per heavy atom. The van der Waals surface area contributed by atoms with E-state index in [0.717, 1.165) is 42.5 Å². The third kappa shape index (κ3) is 22.9. The van der Waals surface area contributed by atoms with Gasteiger partial charge < -0.3 is 19.3 Å². The molecule has 0 bridgehead atoms. The molecule has 0 atom stereocenters. The van der Waals surface area contributed by atoms with Gasteiger partial charge in [-0.2, -0.15) is 11.8 Å². The quantitative estimate of drug-likeness (QED) is 0.123. The Kier molecular flexibility index (Phi) is 23.0. The van der Waals surface area contributed by atoms with E-state index < -0.39 is 0 Å². The second kappa shape index (κ2) is 23.1. The van der Waals surface area contributed by atoms with Crippen LogP contribution in [0.4, 0.5) is 0 Å². The summed E-state index contributed by atoms with van der Waals surface area (Å²) in [4.78, 5) is 27.9. The maximum absolute atomic E-state index is 11.8. The fraction of sp³-hybridized carbons (Fsp3) is 0.909. The molecule has 0 aromatic rings. The molecule has 0 amide bonds. The minimum Gasteiger partial charge on any atom is -0.465 e. The second-order valence-electron chi connectivity index (χ2n) is 7.51. The van der Waals surface area contributed by atoms with Gasteiger partial charge in [0.05, 0.1) is 12.8 Å². The van der Waals surface area contributed by atoms with Gasteiger partial charge in [0, 0.05) is 30.3 Å². The molecule has 0 fully saturated rings. The van der Waals surface area contributed by atoms with Crippen molar-refractivity contribution in [3.8, 4) is 0 Å². The summed E-state index contributed by atoms with van der Waals surface area (Å²) in [5.41, 5.74) is 0. The average molecular weight is 497 g/mol. The van der Waals surface area contributed by atoms with E-state index in [2.05, 4.69) is 23.6 Å². The van der Waals surface area contributed by atoms with Crippen molar-refractivity contribution < 1.29 is 19.1 Å². The predicted molar refractivity (Wildman–Crippen MR) is 138 cm³/mol. The summed E-state index contributed by atoms with van der Waals surface area (Å²) >= 11 is 1.85. The summed E-state index contributed by atoms with van der Waals surface area (Å²) < 4.78 is 10.5. The van der Waals surface area contributed by atoms with Crippen molar-refractivity contribution in [1.29, 1.82) is 0 Å². The second-order valence-corrected chi connectivity index (χ2v) is 11.4. The molecule has 0 aliphatic rings. The molecule has 0 radical (unpaired) electrons. The molecule has 0 N–H and O–H groups in total. The Balaban J connectivity index is 3.57. The van der Waals surface area contributed by atoms with Crippen molar-refractivity contribution in [2.45, 2.75) is 52.4 Å². The molecule has 0 rings (SSSR count). The first-order valence-electron chi connectivity index (χ1n) is 11.5. The predicted octanol–water partition coefficient (Wildman–Crippen LogP) is 4.43.